The second-order valence-electron chi connectivity index (χ2n) is 4.91. The summed E-state index contributed by atoms with van der Waals surface area (Å²) in [5.74, 6) is -0.0611. The maximum Gasteiger partial charge on any atom is 0.323 e. The van der Waals surface area contributed by atoms with Crippen molar-refractivity contribution in [1.29, 1.82) is 0 Å². The van der Waals surface area contributed by atoms with Crippen LogP contribution in [0.2, 0.25) is 0 Å². The van der Waals surface area contributed by atoms with Gasteiger partial charge in [0.2, 0.25) is 0 Å². The van der Waals surface area contributed by atoms with E-state index in [0.717, 1.165) is 13.1 Å². The Bertz CT molecular complexity index is 682. The Hall–Kier alpha value is -2.32. The molecule has 2 amide bonds. The summed E-state index contributed by atoms with van der Waals surface area (Å²) in [6.45, 7) is 2.92. The van der Waals surface area contributed by atoms with Crippen LogP contribution in [0, 0.1) is 0 Å². The zero-order valence-corrected chi connectivity index (χ0v) is 12.6. The lowest BCUT2D eigenvalue weighted by Crippen LogP contribution is -2.48. The van der Waals surface area contributed by atoms with Crippen LogP contribution in [-0.4, -0.2) is 52.3 Å². The van der Waals surface area contributed by atoms with Gasteiger partial charge in [-0.05, 0) is 12.1 Å². The first-order chi connectivity index (χ1) is 10.6. The predicted octanol–water partition coefficient (Wildman–Crippen LogP) is 1.66. The van der Waals surface area contributed by atoms with Gasteiger partial charge in [0.1, 0.15) is 11.5 Å². The van der Waals surface area contributed by atoms with Gasteiger partial charge >= 0.3 is 6.03 Å². The maximum atomic E-state index is 12.1. The van der Waals surface area contributed by atoms with Crippen LogP contribution in [0.25, 0.3) is 11.3 Å². The van der Waals surface area contributed by atoms with Crippen LogP contribution in [0.3, 0.4) is 0 Å². The number of hydrogen-bond donors (Lipinski definition) is 4. The van der Waals surface area contributed by atoms with Crippen molar-refractivity contribution < 1.29 is 15.0 Å². The Morgan fingerprint density at radius 3 is 2.82 bits per heavy atom. The van der Waals surface area contributed by atoms with E-state index in [1.54, 1.807) is 16.3 Å². The number of thiazole rings is 1. The number of aromatic nitrogens is 1. The molecule has 1 aliphatic heterocycles. The molecule has 7 nitrogen and oxygen atoms in total. The van der Waals surface area contributed by atoms with E-state index in [9.17, 15) is 15.0 Å². The van der Waals surface area contributed by atoms with Crippen LogP contribution in [0.4, 0.5) is 9.93 Å². The molecule has 0 spiro atoms. The summed E-state index contributed by atoms with van der Waals surface area (Å²) in [4.78, 5) is 18.1. The zero-order valence-electron chi connectivity index (χ0n) is 11.7. The molecule has 8 heteroatoms. The Morgan fingerprint density at radius 2 is 2.09 bits per heavy atom. The van der Waals surface area contributed by atoms with Gasteiger partial charge in [-0.25, -0.2) is 9.78 Å². The number of nitrogens with zero attached hydrogens (tertiary/aromatic N) is 2. The van der Waals surface area contributed by atoms with Crippen LogP contribution in [0.1, 0.15) is 0 Å². The highest BCUT2D eigenvalue weighted by Gasteiger charge is 2.18. The fraction of sp³-hybridized carbons (Fsp3) is 0.286. The van der Waals surface area contributed by atoms with E-state index in [4.69, 9.17) is 0 Å². The minimum absolute atomic E-state index is 0.0105. The number of nitrogens with one attached hydrogen (secondary N) is 2. The first-order valence-corrected chi connectivity index (χ1v) is 7.76. The summed E-state index contributed by atoms with van der Waals surface area (Å²) in [6, 6.07) is 4.15. The van der Waals surface area contributed by atoms with Crippen molar-refractivity contribution in [1.82, 2.24) is 15.2 Å². The van der Waals surface area contributed by atoms with Gasteiger partial charge in [-0.1, -0.05) is 0 Å². The smallest absolute Gasteiger partial charge is 0.323 e. The summed E-state index contributed by atoms with van der Waals surface area (Å²) in [7, 11) is 0. The third-order valence-corrected chi connectivity index (χ3v) is 4.14. The number of aromatic hydroxyl groups is 2. The molecule has 2 heterocycles. The number of phenolic OH excluding ortho intramolecular Hbond substituents is 2. The second kappa shape index (κ2) is 6.20. The van der Waals surface area contributed by atoms with Crippen molar-refractivity contribution >= 4 is 22.5 Å². The Labute approximate surface area is 131 Å². The molecule has 1 aromatic heterocycles. The van der Waals surface area contributed by atoms with E-state index < -0.39 is 0 Å². The molecule has 1 fully saturated rings. The first-order valence-electron chi connectivity index (χ1n) is 6.88. The largest absolute Gasteiger partial charge is 0.508 e. The summed E-state index contributed by atoms with van der Waals surface area (Å²) in [5.41, 5.74) is 1.06. The number of piperazine rings is 1. The van der Waals surface area contributed by atoms with Crippen molar-refractivity contribution in [3.63, 3.8) is 0 Å². The SMILES string of the molecule is O=C(Nc1nc(-c2ccc(O)cc2O)cs1)N1CCNCC1. The molecule has 0 radical (unpaired) electrons. The van der Waals surface area contributed by atoms with Crippen molar-refractivity contribution in [2.24, 2.45) is 0 Å². The molecule has 1 aliphatic rings. The van der Waals surface area contributed by atoms with Crippen LogP contribution >= 0.6 is 11.3 Å². The average molecular weight is 320 g/mol. The van der Waals surface area contributed by atoms with Crippen molar-refractivity contribution in [3.05, 3.63) is 23.6 Å². The van der Waals surface area contributed by atoms with Gasteiger partial charge in [-0.15, -0.1) is 11.3 Å². The van der Waals surface area contributed by atoms with Gasteiger partial charge in [0.05, 0.1) is 5.69 Å². The third-order valence-electron chi connectivity index (χ3n) is 3.38. The molecule has 1 aromatic carbocycles. The standard InChI is InChI=1S/C14H16N4O3S/c19-9-1-2-10(12(20)7-9)11-8-22-13(16-11)17-14(21)18-5-3-15-4-6-18/h1-2,7-8,15,19-20H,3-6H2,(H,16,17,21). The molecule has 0 aliphatic carbocycles. The number of anilines is 1. The van der Waals surface area contributed by atoms with Gasteiger partial charge < -0.3 is 20.4 Å². The average Bonchev–Trinajstić information content (AvgIpc) is 2.96. The fourth-order valence-corrected chi connectivity index (χ4v) is 2.93. The first kappa shape index (κ1) is 14.6. The number of hydrogen-bond acceptors (Lipinski definition) is 6. The molecule has 1 saturated heterocycles. The minimum Gasteiger partial charge on any atom is -0.508 e. The number of urea groups is 1. The highest BCUT2D eigenvalue weighted by Crippen LogP contribution is 2.33. The van der Waals surface area contributed by atoms with E-state index in [0.29, 0.717) is 29.5 Å². The van der Waals surface area contributed by atoms with Gasteiger partial charge in [0.15, 0.2) is 5.13 Å². The Kier molecular flexibility index (Phi) is 4.12. The van der Waals surface area contributed by atoms with E-state index in [1.165, 1.54) is 23.5 Å². The minimum atomic E-state index is -0.169. The van der Waals surface area contributed by atoms with E-state index in [1.807, 2.05) is 0 Å². The lowest BCUT2D eigenvalue weighted by atomic mass is 10.1. The molecule has 2 aromatic rings. The molecule has 0 atom stereocenters. The highest BCUT2D eigenvalue weighted by molar-refractivity contribution is 7.14. The molecule has 4 N–H and O–H groups in total. The number of amides is 2. The van der Waals surface area contributed by atoms with E-state index in [-0.39, 0.29) is 17.5 Å². The van der Waals surface area contributed by atoms with Crippen molar-refractivity contribution in [2.75, 3.05) is 31.5 Å². The van der Waals surface area contributed by atoms with Crippen LogP contribution in [0.15, 0.2) is 23.6 Å². The number of phenols is 2. The second-order valence-corrected chi connectivity index (χ2v) is 5.76. The number of rotatable bonds is 2. The van der Waals surface area contributed by atoms with Gasteiger partial charge in [0, 0.05) is 43.2 Å². The van der Waals surface area contributed by atoms with Crippen LogP contribution in [0.5, 0.6) is 11.5 Å². The summed E-state index contributed by atoms with van der Waals surface area (Å²) < 4.78 is 0. The van der Waals surface area contributed by atoms with Gasteiger partial charge in [0.25, 0.3) is 0 Å². The number of benzene rings is 1. The highest BCUT2D eigenvalue weighted by atomic mass is 32.1. The lowest BCUT2D eigenvalue weighted by Gasteiger charge is -2.26. The quantitative estimate of drug-likeness (QED) is 0.675. The van der Waals surface area contributed by atoms with E-state index in [2.05, 4.69) is 15.6 Å². The lowest BCUT2D eigenvalue weighted by molar-refractivity contribution is 0.204. The maximum absolute atomic E-state index is 12.1. The molecule has 0 unspecified atom stereocenters. The molecule has 0 saturated carbocycles. The summed E-state index contributed by atoms with van der Waals surface area (Å²) in [6.07, 6.45) is 0. The summed E-state index contributed by atoms with van der Waals surface area (Å²) in [5, 5.41) is 27.3. The molecular weight excluding hydrogens is 304 g/mol. The number of carbonyl (C=O) groups is 1. The van der Waals surface area contributed by atoms with Crippen molar-refractivity contribution in [2.45, 2.75) is 0 Å². The topological polar surface area (TPSA) is 97.7 Å². The monoisotopic (exact) mass is 320 g/mol. The van der Waals surface area contributed by atoms with Gasteiger partial charge in [-0.3, -0.25) is 5.32 Å². The zero-order chi connectivity index (χ0) is 15.5. The molecule has 116 valence electrons. The van der Waals surface area contributed by atoms with Crippen LogP contribution < -0.4 is 10.6 Å². The molecule has 3 rings (SSSR count). The molecule has 0 bridgehead atoms. The summed E-state index contributed by atoms with van der Waals surface area (Å²) >= 11 is 1.29. The molecular formula is C14H16N4O3S. The van der Waals surface area contributed by atoms with E-state index >= 15 is 0 Å². The molecule has 22 heavy (non-hydrogen) atoms. The number of carbonyl (C=O) groups excluding carboxylic acids is 1. The Balaban J connectivity index is 1.72. The normalized spacial score (nSPS) is 14.8. The fourth-order valence-electron chi connectivity index (χ4n) is 2.23. The van der Waals surface area contributed by atoms with Crippen molar-refractivity contribution in [3.8, 4) is 22.8 Å². The van der Waals surface area contributed by atoms with Crippen LogP contribution in [-0.2, 0) is 0 Å². The van der Waals surface area contributed by atoms with Gasteiger partial charge in [-0.2, -0.15) is 0 Å². The third kappa shape index (κ3) is 3.12. The Morgan fingerprint density at radius 1 is 1.32 bits per heavy atom. The predicted molar refractivity (Wildman–Crippen MR) is 84.3 cm³/mol.